The molecule has 3 nitrogen and oxygen atoms in total. The Bertz CT molecular complexity index is 1000. The van der Waals surface area contributed by atoms with Gasteiger partial charge < -0.3 is 0 Å². The van der Waals surface area contributed by atoms with Crippen molar-refractivity contribution in [1.82, 2.24) is 0 Å². The molecule has 3 aromatic rings. The largest absolute Gasteiger partial charge is 0.339 e. The van der Waals surface area contributed by atoms with Crippen LogP contribution in [0.3, 0.4) is 0 Å². The average Bonchev–Trinajstić information content (AvgIpc) is 2.63. The van der Waals surface area contributed by atoms with E-state index in [0.29, 0.717) is 11.6 Å². The van der Waals surface area contributed by atoms with Crippen molar-refractivity contribution in [3.8, 4) is 0 Å². The van der Waals surface area contributed by atoms with Gasteiger partial charge in [0.2, 0.25) is 0 Å². The SMILES string of the molecule is Cc1cc(C)cc(N2Sc3ccccc3N(Cc3cccc(Cl)c3)C2=O)c1. The second kappa shape index (κ2) is 7.29. The topological polar surface area (TPSA) is 23.6 Å². The maximum atomic E-state index is 13.4. The summed E-state index contributed by atoms with van der Waals surface area (Å²) in [6, 6.07) is 21.8. The van der Waals surface area contributed by atoms with Crippen molar-refractivity contribution in [1.29, 1.82) is 0 Å². The highest BCUT2D eigenvalue weighted by Crippen LogP contribution is 2.42. The molecule has 0 radical (unpaired) electrons. The molecule has 1 aliphatic heterocycles. The third-order valence-corrected chi connectivity index (χ3v) is 5.75. The van der Waals surface area contributed by atoms with Gasteiger partial charge in [0.25, 0.3) is 0 Å². The molecule has 0 N–H and O–H groups in total. The predicted octanol–water partition coefficient (Wildman–Crippen LogP) is 6.61. The Morgan fingerprint density at radius 3 is 2.41 bits per heavy atom. The highest BCUT2D eigenvalue weighted by molar-refractivity contribution is 8.01. The zero-order chi connectivity index (χ0) is 19.0. The molecule has 1 heterocycles. The number of rotatable bonds is 3. The number of hydrogen-bond acceptors (Lipinski definition) is 2. The molecule has 5 heteroatoms. The van der Waals surface area contributed by atoms with Crippen molar-refractivity contribution in [3.63, 3.8) is 0 Å². The molecular weight excluding hydrogens is 376 g/mol. The standard InChI is InChI=1S/C22H19ClN2OS/c1-15-10-16(2)12-19(11-15)25-22(26)24(14-17-6-5-7-18(23)13-17)20-8-3-4-9-21(20)27-25/h3-13H,14H2,1-2H3. The molecule has 0 atom stereocenters. The molecule has 3 aromatic carbocycles. The quantitative estimate of drug-likeness (QED) is 0.466. The number of anilines is 2. The third kappa shape index (κ3) is 3.68. The number of para-hydroxylation sites is 1. The number of hydrogen-bond donors (Lipinski definition) is 0. The van der Waals surface area contributed by atoms with E-state index in [4.69, 9.17) is 11.6 Å². The van der Waals surface area contributed by atoms with Crippen LogP contribution in [0.4, 0.5) is 16.2 Å². The summed E-state index contributed by atoms with van der Waals surface area (Å²) in [5.74, 6) is 0. The molecule has 0 aliphatic carbocycles. The van der Waals surface area contributed by atoms with E-state index in [1.807, 2.05) is 79.4 Å². The Hall–Kier alpha value is -2.43. The number of carbonyl (C=O) groups is 1. The Morgan fingerprint density at radius 2 is 1.67 bits per heavy atom. The van der Waals surface area contributed by atoms with Gasteiger partial charge in [-0.25, -0.2) is 9.10 Å². The number of halogens is 1. The molecule has 4 rings (SSSR count). The van der Waals surface area contributed by atoms with E-state index in [0.717, 1.165) is 33.0 Å². The lowest BCUT2D eigenvalue weighted by Crippen LogP contribution is -2.42. The summed E-state index contributed by atoms with van der Waals surface area (Å²) in [6.07, 6.45) is 0. The molecule has 2 amide bonds. The minimum atomic E-state index is -0.0522. The summed E-state index contributed by atoms with van der Waals surface area (Å²) in [6.45, 7) is 4.57. The first-order valence-electron chi connectivity index (χ1n) is 8.72. The van der Waals surface area contributed by atoms with Crippen molar-refractivity contribution in [2.24, 2.45) is 0 Å². The lowest BCUT2D eigenvalue weighted by molar-refractivity contribution is 0.254. The molecule has 0 bridgehead atoms. The van der Waals surface area contributed by atoms with Crippen LogP contribution in [0.5, 0.6) is 0 Å². The van der Waals surface area contributed by atoms with Crippen LogP contribution in [0.25, 0.3) is 0 Å². The van der Waals surface area contributed by atoms with Crippen LogP contribution in [-0.4, -0.2) is 6.03 Å². The van der Waals surface area contributed by atoms with Crippen molar-refractivity contribution in [3.05, 3.63) is 88.4 Å². The molecule has 0 fully saturated rings. The first-order chi connectivity index (χ1) is 13.0. The Labute approximate surface area is 168 Å². The summed E-state index contributed by atoms with van der Waals surface area (Å²) < 4.78 is 1.77. The van der Waals surface area contributed by atoms with E-state index in [-0.39, 0.29) is 6.03 Å². The number of fused-ring (bicyclic) bond motifs is 1. The normalized spacial score (nSPS) is 13.7. The molecule has 0 aromatic heterocycles. The second-order valence-electron chi connectivity index (χ2n) is 6.70. The smallest absolute Gasteiger partial charge is 0.288 e. The van der Waals surface area contributed by atoms with Crippen molar-refractivity contribution in [2.75, 3.05) is 9.21 Å². The van der Waals surface area contributed by atoms with Gasteiger partial charge >= 0.3 is 6.03 Å². The van der Waals surface area contributed by atoms with Gasteiger partial charge in [-0.3, -0.25) is 4.90 Å². The average molecular weight is 395 g/mol. The zero-order valence-electron chi connectivity index (χ0n) is 15.1. The maximum Gasteiger partial charge on any atom is 0.339 e. The fourth-order valence-corrected chi connectivity index (χ4v) is 4.52. The first-order valence-corrected chi connectivity index (χ1v) is 9.88. The second-order valence-corrected chi connectivity index (χ2v) is 8.12. The van der Waals surface area contributed by atoms with Gasteiger partial charge in [0.05, 0.1) is 22.8 Å². The summed E-state index contributed by atoms with van der Waals surface area (Å²) in [4.78, 5) is 16.3. The fourth-order valence-electron chi connectivity index (χ4n) is 3.31. The zero-order valence-corrected chi connectivity index (χ0v) is 16.7. The van der Waals surface area contributed by atoms with Gasteiger partial charge in [0.1, 0.15) is 0 Å². The summed E-state index contributed by atoms with van der Waals surface area (Å²) in [7, 11) is 0. The Balaban J connectivity index is 1.76. The van der Waals surface area contributed by atoms with Crippen LogP contribution in [0.1, 0.15) is 16.7 Å². The van der Waals surface area contributed by atoms with Crippen LogP contribution in [-0.2, 0) is 6.54 Å². The Kier molecular flexibility index (Phi) is 4.85. The summed E-state index contributed by atoms with van der Waals surface area (Å²) in [5.41, 5.74) is 5.09. The van der Waals surface area contributed by atoms with E-state index >= 15 is 0 Å². The number of urea groups is 1. The van der Waals surface area contributed by atoms with Crippen LogP contribution >= 0.6 is 23.5 Å². The number of amides is 2. The van der Waals surface area contributed by atoms with E-state index in [1.165, 1.54) is 11.9 Å². The Morgan fingerprint density at radius 1 is 0.926 bits per heavy atom. The van der Waals surface area contributed by atoms with Crippen molar-refractivity contribution < 1.29 is 4.79 Å². The van der Waals surface area contributed by atoms with E-state index < -0.39 is 0 Å². The third-order valence-electron chi connectivity index (χ3n) is 4.42. The summed E-state index contributed by atoms with van der Waals surface area (Å²) >= 11 is 7.61. The fraction of sp³-hybridized carbons (Fsp3) is 0.136. The van der Waals surface area contributed by atoms with E-state index in [1.54, 1.807) is 4.31 Å². The highest BCUT2D eigenvalue weighted by Gasteiger charge is 2.32. The van der Waals surface area contributed by atoms with Gasteiger partial charge in [-0.1, -0.05) is 41.9 Å². The minimum Gasteiger partial charge on any atom is -0.288 e. The van der Waals surface area contributed by atoms with Crippen molar-refractivity contribution in [2.45, 2.75) is 25.3 Å². The molecule has 27 heavy (non-hydrogen) atoms. The highest BCUT2D eigenvalue weighted by atomic mass is 35.5. The van der Waals surface area contributed by atoms with E-state index in [2.05, 4.69) is 6.07 Å². The van der Waals surface area contributed by atoms with Gasteiger partial charge in [0, 0.05) is 5.02 Å². The molecule has 136 valence electrons. The van der Waals surface area contributed by atoms with Crippen LogP contribution in [0.15, 0.2) is 71.6 Å². The maximum absolute atomic E-state index is 13.4. The monoisotopic (exact) mass is 394 g/mol. The molecule has 0 unspecified atom stereocenters. The van der Waals surface area contributed by atoms with Crippen molar-refractivity contribution >= 4 is 41.0 Å². The molecule has 0 spiro atoms. The van der Waals surface area contributed by atoms with Gasteiger partial charge in [-0.15, -0.1) is 0 Å². The molecule has 1 aliphatic rings. The first kappa shape index (κ1) is 18.0. The lowest BCUT2D eigenvalue weighted by atomic mass is 10.1. The van der Waals surface area contributed by atoms with Gasteiger partial charge in [-0.05, 0) is 78.9 Å². The predicted molar refractivity (Wildman–Crippen MR) is 114 cm³/mol. The van der Waals surface area contributed by atoms with Crippen LogP contribution in [0.2, 0.25) is 5.02 Å². The number of aryl methyl sites for hydroxylation is 2. The number of carbonyl (C=O) groups excluding carboxylic acids is 1. The number of benzene rings is 3. The summed E-state index contributed by atoms with van der Waals surface area (Å²) in [5, 5.41) is 0.672. The minimum absolute atomic E-state index is 0.0522. The molecular formula is C22H19ClN2OS. The molecule has 0 saturated carbocycles. The van der Waals surface area contributed by atoms with Crippen LogP contribution < -0.4 is 9.21 Å². The van der Waals surface area contributed by atoms with Gasteiger partial charge in [-0.2, -0.15) is 0 Å². The van der Waals surface area contributed by atoms with E-state index in [9.17, 15) is 4.79 Å². The number of nitrogens with zero attached hydrogens (tertiary/aromatic N) is 2. The lowest BCUT2D eigenvalue weighted by Gasteiger charge is -2.36. The van der Waals surface area contributed by atoms with Crippen LogP contribution in [0, 0.1) is 13.8 Å². The molecule has 0 saturated heterocycles. The van der Waals surface area contributed by atoms with Gasteiger partial charge in [0.15, 0.2) is 0 Å².